The fourth-order valence-electron chi connectivity index (χ4n) is 1.93. The Morgan fingerprint density at radius 1 is 1.39 bits per heavy atom. The highest BCUT2D eigenvalue weighted by Crippen LogP contribution is 2.38. The first kappa shape index (κ1) is 17.0. The number of unbranched alkanes of at least 4 members (excludes halogenated alkanes) is 1. The molecule has 0 aromatic carbocycles. The molecule has 2 rings (SSSR count). The summed E-state index contributed by atoms with van der Waals surface area (Å²) in [7, 11) is 0. The Hall–Kier alpha value is -2.32. The van der Waals surface area contributed by atoms with Crippen molar-refractivity contribution in [1.29, 1.82) is 0 Å². The number of amides is 1. The van der Waals surface area contributed by atoms with E-state index in [0.29, 0.717) is 6.54 Å². The van der Waals surface area contributed by atoms with E-state index in [-0.39, 0.29) is 35.4 Å². The summed E-state index contributed by atoms with van der Waals surface area (Å²) in [6.45, 7) is 3.90. The van der Waals surface area contributed by atoms with Crippen molar-refractivity contribution in [3.63, 3.8) is 0 Å². The predicted octanol–water partition coefficient (Wildman–Crippen LogP) is 3.12. The van der Waals surface area contributed by atoms with Crippen LogP contribution in [0.2, 0.25) is 0 Å². The smallest absolute Gasteiger partial charge is 0.450 e. The van der Waals surface area contributed by atoms with Crippen LogP contribution in [0.25, 0.3) is 11.5 Å². The normalized spacial score (nSPS) is 11.7. The van der Waals surface area contributed by atoms with Gasteiger partial charge in [0.2, 0.25) is 11.7 Å². The van der Waals surface area contributed by atoms with E-state index >= 15 is 0 Å². The van der Waals surface area contributed by atoms with E-state index in [0.717, 1.165) is 12.8 Å². The van der Waals surface area contributed by atoms with Gasteiger partial charge in [-0.05, 0) is 19.4 Å². The lowest BCUT2D eigenvalue weighted by molar-refractivity contribution is -0.152. The van der Waals surface area contributed by atoms with Crippen LogP contribution in [0.5, 0.6) is 0 Å². The maximum Gasteiger partial charge on any atom is 0.450 e. The molecule has 6 nitrogen and oxygen atoms in total. The number of furan rings is 1. The summed E-state index contributed by atoms with van der Waals surface area (Å²) in [4.78, 5) is 15.5. The molecule has 0 fully saturated rings. The van der Waals surface area contributed by atoms with Gasteiger partial charge in [-0.3, -0.25) is 4.79 Å². The SMILES string of the molecule is CCCCNC(=O)Cc1noc(-c2cc(C)oc2C(F)(F)F)n1. The monoisotopic (exact) mass is 331 g/mol. The van der Waals surface area contributed by atoms with E-state index in [4.69, 9.17) is 4.52 Å². The van der Waals surface area contributed by atoms with E-state index in [1.807, 2.05) is 6.92 Å². The molecular formula is C14H16F3N3O3. The zero-order valence-electron chi connectivity index (χ0n) is 12.7. The molecule has 0 aliphatic carbocycles. The lowest BCUT2D eigenvalue weighted by atomic mass is 10.2. The van der Waals surface area contributed by atoms with Crippen molar-refractivity contribution in [3.05, 3.63) is 23.4 Å². The highest BCUT2D eigenvalue weighted by atomic mass is 19.4. The quantitative estimate of drug-likeness (QED) is 0.823. The van der Waals surface area contributed by atoms with Crippen molar-refractivity contribution in [2.45, 2.75) is 39.3 Å². The van der Waals surface area contributed by atoms with Crippen LogP contribution in [0.15, 0.2) is 15.0 Å². The number of aryl methyl sites for hydroxylation is 1. The van der Waals surface area contributed by atoms with Gasteiger partial charge in [0, 0.05) is 6.54 Å². The Bertz CT molecular complexity index is 676. The van der Waals surface area contributed by atoms with E-state index in [1.165, 1.54) is 13.0 Å². The Labute approximate surface area is 130 Å². The molecule has 0 saturated heterocycles. The topological polar surface area (TPSA) is 81.2 Å². The van der Waals surface area contributed by atoms with E-state index in [9.17, 15) is 18.0 Å². The second-order valence-corrected chi connectivity index (χ2v) is 4.99. The van der Waals surface area contributed by atoms with Crippen molar-refractivity contribution in [3.8, 4) is 11.5 Å². The number of aromatic nitrogens is 2. The summed E-state index contributed by atoms with van der Waals surface area (Å²) >= 11 is 0. The third-order valence-corrected chi connectivity index (χ3v) is 2.98. The first-order chi connectivity index (χ1) is 10.8. The van der Waals surface area contributed by atoms with Crippen LogP contribution < -0.4 is 5.32 Å². The molecular weight excluding hydrogens is 315 g/mol. The predicted molar refractivity (Wildman–Crippen MR) is 73.4 cm³/mol. The molecule has 0 bridgehead atoms. The highest BCUT2D eigenvalue weighted by Gasteiger charge is 2.40. The average molecular weight is 331 g/mol. The van der Waals surface area contributed by atoms with Gasteiger partial charge in [-0.15, -0.1) is 0 Å². The number of hydrogen-bond acceptors (Lipinski definition) is 5. The van der Waals surface area contributed by atoms with Crippen molar-refractivity contribution in [2.24, 2.45) is 0 Å². The number of carbonyl (C=O) groups is 1. The fraction of sp³-hybridized carbons (Fsp3) is 0.500. The first-order valence-electron chi connectivity index (χ1n) is 7.08. The lowest BCUT2D eigenvalue weighted by Gasteiger charge is -2.03. The van der Waals surface area contributed by atoms with Crippen LogP contribution in [0, 0.1) is 6.92 Å². The summed E-state index contributed by atoms with van der Waals surface area (Å²) in [5.41, 5.74) is -0.333. The maximum atomic E-state index is 12.9. The molecule has 2 heterocycles. The third-order valence-electron chi connectivity index (χ3n) is 2.98. The zero-order chi connectivity index (χ0) is 17.0. The van der Waals surface area contributed by atoms with Gasteiger partial charge >= 0.3 is 6.18 Å². The van der Waals surface area contributed by atoms with Gasteiger partial charge in [0.05, 0.1) is 12.0 Å². The number of rotatable bonds is 6. The molecule has 23 heavy (non-hydrogen) atoms. The van der Waals surface area contributed by atoms with E-state index in [1.54, 1.807) is 0 Å². The maximum absolute atomic E-state index is 12.9. The minimum atomic E-state index is -4.67. The van der Waals surface area contributed by atoms with Gasteiger partial charge in [-0.1, -0.05) is 18.5 Å². The molecule has 0 unspecified atom stereocenters. The van der Waals surface area contributed by atoms with Crippen LogP contribution in [0.1, 0.15) is 37.1 Å². The molecule has 0 aliphatic rings. The van der Waals surface area contributed by atoms with Crippen molar-refractivity contribution >= 4 is 5.91 Å². The number of alkyl halides is 3. The van der Waals surface area contributed by atoms with Crippen LogP contribution in [0.3, 0.4) is 0 Å². The minimum absolute atomic E-state index is 0.0148. The molecule has 0 atom stereocenters. The van der Waals surface area contributed by atoms with Crippen LogP contribution in [-0.2, 0) is 17.4 Å². The Morgan fingerprint density at radius 3 is 2.78 bits per heavy atom. The second kappa shape index (κ2) is 6.84. The van der Waals surface area contributed by atoms with Crippen LogP contribution in [-0.4, -0.2) is 22.6 Å². The Morgan fingerprint density at radius 2 is 2.13 bits per heavy atom. The number of hydrogen-bond donors (Lipinski definition) is 1. The van der Waals surface area contributed by atoms with Crippen molar-refractivity contribution < 1.29 is 26.9 Å². The van der Waals surface area contributed by atoms with Crippen molar-refractivity contribution in [1.82, 2.24) is 15.5 Å². The third kappa shape index (κ3) is 4.33. The summed E-state index contributed by atoms with van der Waals surface area (Å²) in [6.07, 6.45) is -3.06. The summed E-state index contributed by atoms with van der Waals surface area (Å²) in [6, 6.07) is 1.17. The number of nitrogens with one attached hydrogen (secondary N) is 1. The lowest BCUT2D eigenvalue weighted by Crippen LogP contribution is -2.26. The molecule has 126 valence electrons. The molecule has 0 spiro atoms. The molecule has 2 aromatic heterocycles. The Kier molecular flexibility index (Phi) is 5.07. The van der Waals surface area contributed by atoms with E-state index in [2.05, 4.69) is 19.9 Å². The molecule has 1 amide bonds. The molecule has 0 aliphatic heterocycles. The highest BCUT2D eigenvalue weighted by molar-refractivity contribution is 5.77. The average Bonchev–Trinajstić information content (AvgIpc) is 3.05. The molecule has 0 radical (unpaired) electrons. The van der Waals surface area contributed by atoms with Gasteiger partial charge in [0.25, 0.3) is 5.89 Å². The molecule has 9 heteroatoms. The largest absolute Gasteiger partial charge is 0.456 e. The summed E-state index contributed by atoms with van der Waals surface area (Å²) in [5.74, 6) is -1.75. The van der Waals surface area contributed by atoms with Gasteiger partial charge in [-0.25, -0.2) is 0 Å². The fourth-order valence-corrected chi connectivity index (χ4v) is 1.93. The second-order valence-electron chi connectivity index (χ2n) is 4.99. The first-order valence-corrected chi connectivity index (χ1v) is 7.08. The van der Waals surface area contributed by atoms with Gasteiger partial charge in [-0.2, -0.15) is 18.2 Å². The van der Waals surface area contributed by atoms with Gasteiger partial charge in [0.15, 0.2) is 5.82 Å². The Balaban J connectivity index is 2.12. The zero-order valence-corrected chi connectivity index (χ0v) is 12.7. The van der Waals surface area contributed by atoms with Gasteiger partial charge in [0.1, 0.15) is 5.76 Å². The molecule has 2 aromatic rings. The number of halogens is 3. The minimum Gasteiger partial charge on any atom is -0.456 e. The molecule has 1 N–H and O–H groups in total. The summed E-state index contributed by atoms with van der Waals surface area (Å²) in [5, 5.41) is 6.20. The summed E-state index contributed by atoms with van der Waals surface area (Å²) < 4.78 is 48.2. The van der Waals surface area contributed by atoms with Crippen LogP contribution >= 0.6 is 0 Å². The van der Waals surface area contributed by atoms with Crippen molar-refractivity contribution in [2.75, 3.05) is 6.54 Å². The number of nitrogens with zero attached hydrogens (tertiary/aromatic N) is 2. The molecule has 0 saturated carbocycles. The number of carbonyl (C=O) groups excluding carboxylic acids is 1. The standard InChI is InChI=1S/C14H16F3N3O3/c1-3-4-5-18-11(21)7-10-19-13(23-20-10)9-6-8(2)22-12(9)14(15,16)17/h6H,3-5,7H2,1-2H3,(H,18,21). The van der Waals surface area contributed by atoms with Crippen LogP contribution in [0.4, 0.5) is 13.2 Å². The van der Waals surface area contributed by atoms with Gasteiger partial charge < -0.3 is 14.3 Å². The van der Waals surface area contributed by atoms with E-state index < -0.39 is 11.9 Å².